The quantitative estimate of drug-likeness (QED) is 0.857. The number of carbonyl (C=O) groups excluding carboxylic acids is 1. The lowest BCUT2D eigenvalue weighted by atomic mass is 9.87. The lowest BCUT2D eigenvalue weighted by Gasteiger charge is -2.23. The summed E-state index contributed by atoms with van der Waals surface area (Å²) < 4.78 is 0. The van der Waals surface area contributed by atoms with Crippen LogP contribution < -0.4 is 10.6 Å². The SMILES string of the molecule is CNCc1ccccc1NC(=O)C1(C)CCCC1. The molecule has 0 aromatic heterocycles. The third-order valence-corrected chi connectivity index (χ3v) is 3.89. The highest BCUT2D eigenvalue weighted by atomic mass is 16.2. The molecule has 0 spiro atoms. The van der Waals surface area contributed by atoms with Crippen molar-refractivity contribution in [2.45, 2.75) is 39.2 Å². The van der Waals surface area contributed by atoms with Crippen molar-refractivity contribution < 1.29 is 4.79 Å². The van der Waals surface area contributed by atoms with Gasteiger partial charge in [0.05, 0.1) is 0 Å². The Morgan fingerprint density at radius 3 is 2.61 bits per heavy atom. The Hall–Kier alpha value is -1.35. The molecular formula is C15H22N2O. The predicted molar refractivity (Wildman–Crippen MR) is 74.4 cm³/mol. The standard InChI is InChI=1S/C15H22N2O/c1-15(9-5-6-10-15)14(18)17-13-8-4-3-7-12(13)11-16-2/h3-4,7-8,16H,5-6,9-11H2,1-2H3,(H,17,18). The average Bonchev–Trinajstić information content (AvgIpc) is 2.80. The van der Waals surface area contributed by atoms with Gasteiger partial charge in [-0.2, -0.15) is 0 Å². The topological polar surface area (TPSA) is 41.1 Å². The second-order valence-corrected chi connectivity index (χ2v) is 5.41. The second kappa shape index (κ2) is 5.53. The van der Waals surface area contributed by atoms with Gasteiger partial charge in [0.1, 0.15) is 0 Å². The van der Waals surface area contributed by atoms with E-state index in [-0.39, 0.29) is 11.3 Å². The molecule has 0 aliphatic heterocycles. The van der Waals surface area contributed by atoms with E-state index >= 15 is 0 Å². The first-order valence-corrected chi connectivity index (χ1v) is 6.70. The summed E-state index contributed by atoms with van der Waals surface area (Å²) in [6.07, 6.45) is 4.35. The summed E-state index contributed by atoms with van der Waals surface area (Å²) in [6, 6.07) is 7.98. The van der Waals surface area contributed by atoms with E-state index in [9.17, 15) is 4.79 Å². The Kier molecular flexibility index (Phi) is 4.02. The van der Waals surface area contributed by atoms with E-state index in [0.717, 1.165) is 30.6 Å². The molecule has 18 heavy (non-hydrogen) atoms. The fourth-order valence-electron chi connectivity index (χ4n) is 2.64. The van der Waals surface area contributed by atoms with E-state index in [0.29, 0.717) is 0 Å². The van der Waals surface area contributed by atoms with Crippen LogP contribution in [0.1, 0.15) is 38.2 Å². The molecule has 2 rings (SSSR count). The number of nitrogens with one attached hydrogen (secondary N) is 2. The first-order chi connectivity index (χ1) is 8.65. The van der Waals surface area contributed by atoms with Gasteiger partial charge in [0.2, 0.25) is 5.91 Å². The molecule has 0 atom stereocenters. The number of carbonyl (C=O) groups is 1. The van der Waals surface area contributed by atoms with Crippen LogP contribution in [0.2, 0.25) is 0 Å². The van der Waals surface area contributed by atoms with E-state index < -0.39 is 0 Å². The van der Waals surface area contributed by atoms with Gasteiger partial charge in [-0.3, -0.25) is 4.79 Å². The van der Waals surface area contributed by atoms with E-state index in [1.165, 1.54) is 12.8 Å². The number of amides is 1. The first kappa shape index (κ1) is 13.1. The molecule has 3 heteroatoms. The molecular weight excluding hydrogens is 224 g/mol. The monoisotopic (exact) mass is 246 g/mol. The Morgan fingerprint density at radius 2 is 1.94 bits per heavy atom. The van der Waals surface area contributed by atoms with E-state index in [1.807, 2.05) is 31.3 Å². The third kappa shape index (κ3) is 2.72. The van der Waals surface area contributed by atoms with Crippen LogP contribution >= 0.6 is 0 Å². The summed E-state index contributed by atoms with van der Waals surface area (Å²) in [7, 11) is 1.91. The van der Waals surface area contributed by atoms with Crippen LogP contribution in [0.3, 0.4) is 0 Å². The molecule has 1 aliphatic carbocycles. The fourth-order valence-corrected chi connectivity index (χ4v) is 2.64. The minimum absolute atomic E-state index is 0.170. The highest BCUT2D eigenvalue weighted by Gasteiger charge is 2.36. The average molecular weight is 246 g/mol. The maximum absolute atomic E-state index is 12.4. The van der Waals surface area contributed by atoms with Crippen LogP contribution in [0.5, 0.6) is 0 Å². The normalized spacial score (nSPS) is 17.7. The summed E-state index contributed by atoms with van der Waals surface area (Å²) in [5, 5.41) is 6.22. The number of rotatable bonds is 4. The number of para-hydroxylation sites is 1. The summed E-state index contributed by atoms with van der Waals surface area (Å²) in [4.78, 5) is 12.4. The van der Waals surface area contributed by atoms with Crippen LogP contribution in [0.4, 0.5) is 5.69 Å². The molecule has 1 aliphatic rings. The van der Waals surface area contributed by atoms with Gasteiger partial charge in [0.15, 0.2) is 0 Å². The number of hydrogen-bond acceptors (Lipinski definition) is 2. The van der Waals surface area contributed by atoms with Crippen LogP contribution in [-0.4, -0.2) is 13.0 Å². The minimum Gasteiger partial charge on any atom is -0.325 e. The van der Waals surface area contributed by atoms with Gasteiger partial charge >= 0.3 is 0 Å². The van der Waals surface area contributed by atoms with Crippen molar-refractivity contribution in [3.63, 3.8) is 0 Å². The van der Waals surface area contributed by atoms with Gasteiger partial charge in [-0.15, -0.1) is 0 Å². The zero-order valence-electron chi connectivity index (χ0n) is 11.3. The van der Waals surface area contributed by atoms with Crippen LogP contribution in [-0.2, 0) is 11.3 Å². The van der Waals surface area contributed by atoms with Gasteiger partial charge in [0.25, 0.3) is 0 Å². The van der Waals surface area contributed by atoms with Crippen molar-refractivity contribution in [1.29, 1.82) is 0 Å². The summed E-state index contributed by atoms with van der Waals surface area (Å²) in [5.41, 5.74) is 1.90. The van der Waals surface area contributed by atoms with Crippen molar-refractivity contribution in [2.75, 3.05) is 12.4 Å². The summed E-state index contributed by atoms with van der Waals surface area (Å²) in [5.74, 6) is 0.170. The zero-order chi connectivity index (χ0) is 13.0. The highest BCUT2D eigenvalue weighted by Crippen LogP contribution is 2.38. The second-order valence-electron chi connectivity index (χ2n) is 5.41. The molecule has 2 N–H and O–H groups in total. The van der Waals surface area contributed by atoms with Crippen molar-refractivity contribution in [3.05, 3.63) is 29.8 Å². The van der Waals surface area contributed by atoms with Gasteiger partial charge in [-0.25, -0.2) is 0 Å². The van der Waals surface area contributed by atoms with Crippen LogP contribution in [0.15, 0.2) is 24.3 Å². The first-order valence-electron chi connectivity index (χ1n) is 6.70. The summed E-state index contributed by atoms with van der Waals surface area (Å²) in [6.45, 7) is 2.85. The van der Waals surface area contributed by atoms with Crippen molar-refractivity contribution in [3.8, 4) is 0 Å². The summed E-state index contributed by atoms with van der Waals surface area (Å²) >= 11 is 0. The number of anilines is 1. The van der Waals surface area contributed by atoms with E-state index in [2.05, 4.69) is 17.6 Å². The molecule has 1 fully saturated rings. The van der Waals surface area contributed by atoms with Crippen LogP contribution in [0, 0.1) is 5.41 Å². The molecule has 3 nitrogen and oxygen atoms in total. The van der Waals surface area contributed by atoms with E-state index in [4.69, 9.17) is 0 Å². The van der Waals surface area contributed by atoms with Gasteiger partial charge in [-0.1, -0.05) is 38.0 Å². The number of hydrogen-bond donors (Lipinski definition) is 2. The lowest BCUT2D eigenvalue weighted by Crippen LogP contribution is -2.31. The van der Waals surface area contributed by atoms with Crippen molar-refractivity contribution >= 4 is 11.6 Å². The molecule has 98 valence electrons. The lowest BCUT2D eigenvalue weighted by molar-refractivity contribution is -0.124. The van der Waals surface area contributed by atoms with Gasteiger partial charge < -0.3 is 10.6 Å². The van der Waals surface area contributed by atoms with Crippen molar-refractivity contribution in [1.82, 2.24) is 5.32 Å². The maximum atomic E-state index is 12.4. The highest BCUT2D eigenvalue weighted by molar-refractivity contribution is 5.95. The smallest absolute Gasteiger partial charge is 0.230 e. The zero-order valence-corrected chi connectivity index (χ0v) is 11.3. The Bertz CT molecular complexity index is 422. The molecule has 0 bridgehead atoms. The Morgan fingerprint density at radius 1 is 1.28 bits per heavy atom. The van der Waals surface area contributed by atoms with Gasteiger partial charge in [-0.05, 0) is 31.5 Å². The van der Waals surface area contributed by atoms with Crippen LogP contribution in [0.25, 0.3) is 0 Å². The molecule has 1 saturated carbocycles. The Labute approximate surface area is 109 Å². The Balaban J connectivity index is 2.11. The molecule has 1 amide bonds. The fraction of sp³-hybridized carbons (Fsp3) is 0.533. The van der Waals surface area contributed by atoms with Crippen molar-refractivity contribution in [2.24, 2.45) is 5.41 Å². The minimum atomic E-state index is -0.174. The molecule has 0 radical (unpaired) electrons. The molecule has 0 saturated heterocycles. The molecule has 0 unspecified atom stereocenters. The van der Waals surface area contributed by atoms with E-state index in [1.54, 1.807) is 0 Å². The molecule has 0 heterocycles. The predicted octanol–water partition coefficient (Wildman–Crippen LogP) is 2.92. The molecule has 1 aromatic carbocycles. The largest absolute Gasteiger partial charge is 0.325 e. The third-order valence-electron chi connectivity index (χ3n) is 3.89. The molecule has 1 aromatic rings. The number of benzene rings is 1. The maximum Gasteiger partial charge on any atom is 0.230 e. The van der Waals surface area contributed by atoms with Gasteiger partial charge in [0, 0.05) is 17.6 Å².